The zero-order chi connectivity index (χ0) is 23.0. The highest BCUT2D eigenvalue weighted by atomic mass is 32.2. The van der Waals surface area contributed by atoms with Crippen LogP contribution >= 0.6 is 0 Å². The first-order chi connectivity index (χ1) is 14.7. The zero-order valence-corrected chi connectivity index (χ0v) is 17.3. The summed E-state index contributed by atoms with van der Waals surface area (Å²) in [6.07, 6.45) is -1.30. The number of amidine groups is 1. The van der Waals surface area contributed by atoms with Crippen molar-refractivity contribution >= 4 is 27.1 Å². The summed E-state index contributed by atoms with van der Waals surface area (Å²) in [7, 11) is -2.24. The van der Waals surface area contributed by atoms with Gasteiger partial charge in [0, 0.05) is 0 Å². The largest absolute Gasteiger partial charge is 0.493 e. The molecule has 31 heavy (non-hydrogen) atoms. The fourth-order valence-corrected chi connectivity index (χ4v) is 2.83. The molecule has 0 heterocycles. The van der Waals surface area contributed by atoms with Gasteiger partial charge in [0.05, 0.1) is 37.3 Å². The number of aliphatic imine (C=N–C) groups is 1. The Balaban J connectivity index is 2.16. The maximum absolute atomic E-state index is 12.0. The molecule has 0 atom stereocenters. The topological polar surface area (TPSA) is 167 Å². The molecule has 13 heteroatoms. The molecule has 2 N–H and O–H groups in total. The molecule has 0 unspecified atom stereocenters. The van der Waals surface area contributed by atoms with Gasteiger partial charge in [-0.1, -0.05) is 30.3 Å². The summed E-state index contributed by atoms with van der Waals surface area (Å²) in [5.41, 5.74) is 0.186. The Bertz CT molecular complexity index is 1090. The Morgan fingerprint density at radius 3 is 2.32 bits per heavy atom. The lowest BCUT2D eigenvalue weighted by Crippen LogP contribution is -2.36. The molecule has 12 nitrogen and oxygen atoms in total. The number of nitrogens with one attached hydrogen (secondary N) is 1. The fraction of sp³-hybridized carbons (Fsp3) is 0.222. The average molecular weight is 453 g/mol. The van der Waals surface area contributed by atoms with Crippen molar-refractivity contribution in [3.63, 3.8) is 0 Å². The van der Waals surface area contributed by atoms with Gasteiger partial charge in [0.15, 0.2) is 11.5 Å². The number of hydrogen-bond acceptors (Lipinski definition) is 9. The molecule has 0 radical (unpaired) electrons. The Hall–Kier alpha value is -3.71. The first-order valence-corrected chi connectivity index (χ1v) is 9.98. The number of benzene rings is 2. The Morgan fingerprint density at radius 1 is 1.16 bits per heavy atom. The van der Waals surface area contributed by atoms with E-state index < -0.39 is 38.6 Å². The number of amides is 1. The van der Waals surface area contributed by atoms with Crippen molar-refractivity contribution in [2.75, 3.05) is 14.2 Å². The van der Waals surface area contributed by atoms with E-state index in [-0.39, 0.29) is 23.6 Å². The van der Waals surface area contributed by atoms with Crippen molar-refractivity contribution in [1.29, 1.82) is 0 Å². The van der Waals surface area contributed by atoms with E-state index in [1.54, 1.807) is 30.3 Å². The number of ether oxygens (including phenoxy) is 3. The molecule has 166 valence electrons. The van der Waals surface area contributed by atoms with E-state index in [0.29, 0.717) is 5.56 Å². The second kappa shape index (κ2) is 10.4. The normalized spacial score (nSPS) is 11.5. The van der Waals surface area contributed by atoms with Gasteiger partial charge in [-0.3, -0.25) is 25.0 Å². The number of nitro groups is 1. The quantitative estimate of drug-likeness (QED) is 0.210. The van der Waals surface area contributed by atoms with E-state index in [9.17, 15) is 27.9 Å². The summed E-state index contributed by atoms with van der Waals surface area (Å²) in [4.78, 5) is 26.3. The van der Waals surface area contributed by atoms with Crippen molar-refractivity contribution in [2.24, 2.45) is 4.99 Å². The van der Waals surface area contributed by atoms with Crippen molar-refractivity contribution in [3.8, 4) is 11.5 Å². The Labute approximate surface area is 177 Å². The number of hydrogen-bond donors (Lipinski definition) is 2. The SMILES string of the molecule is COc1cc(COC(=O)NC(=NCc2ccccc2)S(=O)(=O)O)c([N+](=O)[O-])cc1OC. The third-order valence-electron chi connectivity index (χ3n) is 3.84. The second-order valence-corrected chi connectivity index (χ2v) is 7.21. The highest BCUT2D eigenvalue weighted by molar-refractivity contribution is 8.01. The summed E-state index contributed by atoms with van der Waals surface area (Å²) in [5.74, 6) is 0.263. The van der Waals surface area contributed by atoms with E-state index in [4.69, 9.17) is 14.2 Å². The van der Waals surface area contributed by atoms with Gasteiger partial charge in [-0.05, 0) is 11.6 Å². The van der Waals surface area contributed by atoms with Crippen LogP contribution in [-0.4, -0.2) is 43.4 Å². The van der Waals surface area contributed by atoms with Gasteiger partial charge in [0.25, 0.3) is 10.9 Å². The molecular weight excluding hydrogens is 434 g/mol. The van der Waals surface area contributed by atoms with E-state index in [1.807, 2.05) is 5.32 Å². The summed E-state index contributed by atoms with van der Waals surface area (Å²) >= 11 is 0. The van der Waals surface area contributed by atoms with E-state index >= 15 is 0 Å². The van der Waals surface area contributed by atoms with E-state index in [0.717, 1.165) is 6.07 Å². The molecule has 2 rings (SSSR count). The number of methoxy groups -OCH3 is 2. The highest BCUT2D eigenvalue weighted by Crippen LogP contribution is 2.34. The summed E-state index contributed by atoms with van der Waals surface area (Å²) in [5, 5.41) is 12.1. The molecule has 0 saturated carbocycles. The van der Waals surface area contributed by atoms with Crippen LogP contribution in [0.5, 0.6) is 11.5 Å². The van der Waals surface area contributed by atoms with Crippen LogP contribution in [-0.2, 0) is 28.0 Å². The summed E-state index contributed by atoms with van der Waals surface area (Å²) in [6, 6.07) is 10.8. The summed E-state index contributed by atoms with van der Waals surface area (Å²) < 4.78 is 47.2. The molecule has 2 aromatic rings. The van der Waals surface area contributed by atoms with Gasteiger partial charge in [-0.2, -0.15) is 8.42 Å². The number of nitrogens with zero attached hydrogens (tertiary/aromatic N) is 2. The molecule has 1 amide bonds. The van der Waals surface area contributed by atoms with Crippen molar-refractivity contribution in [1.82, 2.24) is 5.32 Å². The summed E-state index contributed by atoms with van der Waals surface area (Å²) in [6.45, 7) is -0.739. The molecule has 2 aromatic carbocycles. The molecule has 0 spiro atoms. The number of alkyl carbamates (subject to hydrolysis) is 1. The molecule has 0 bridgehead atoms. The van der Waals surface area contributed by atoms with Crippen molar-refractivity contribution < 1.29 is 36.9 Å². The number of carbonyl (C=O) groups excluding carboxylic acids is 1. The smallest absolute Gasteiger partial charge is 0.413 e. The van der Waals surface area contributed by atoms with Crippen LogP contribution in [0.3, 0.4) is 0 Å². The minimum absolute atomic E-state index is 0.0348. The maximum Gasteiger partial charge on any atom is 0.413 e. The fourth-order valence-electron chi connectivity index (χ4n) is 2.39. The van der Waals surface area contributed by atoms with Crippen LogP contribution in [0.2, 0.25) is 0 Å². The van der Waals surface area contributed by atoms with Gasteiger partial charge in [0.1, 0.15) is 6.61 Å². The highest BCUT2D eigenvalue weighted by Gasteiger charge is 2.23. The predicted octanol–water partition coefficient (Wildman–Crippen LogP) is 2.28. The molecular formula is C18H19N3O9S. The van der Waals surface area contributed by atoms with Gasteiger partial charge in [0.2, 0.25) is 0 Å². The molecule has 0 saturated heterocycles. The van der Waals surface area contributed by atoms with Crippen molar-refractivity contribution in [3.05, 3.63) is 63.7 Å². The molecule has 0 aromatic heterocycles. The minimum atomic E-state index is -4.86. The van der Waals surface area contributed by atoms with Crippen LogP contribution in [0.15, 0.2) is 47.5 Å². The van der Waals surface area contributed by atoms with Crippen LogP contribution < -0.4 is 14.8 Å². The molecule has 0 fully saturated rings. The number of nitro benzene ring substituents is 1. The Kier molecular flexibility index (Phi) is 7.88. The van der Waals surface area contributed by atoms with Crippen LogP contribution in [0.25, 0.3) is 0 Å². The first kappa shape index (κ1) is 23.6. The average Bonchev–Trinajstić information content (AvgIpc) is 2.74. The molecule has 0 aliphatic rings. The van der Waals surface area contributed by atoms with Crippen molar-refractivity contribution in [2.45, 2.75) is 13.2 Å². The maximum atomic E-state index is 12.0. The Morgan fingerprint density at radius 2 is 1.77 bits per heavy atom. The van der Waals surface area contributed by atoms with Crippen LogP contribution in [0, 0.1) is 10.1 Å². The lowest BCUT2D eigenvalue weighted by molar-refractivity contribution is -0.385. The minimum Gasteiger partial charge on any atom is -0.493 e. The third-order valence-corrected chi connectivity index (χ3v) is 4.56. The third kappa shape index (κ3) is 6.65. The zero-order valence-electron chi connectivity index (χ0n) is 16.5. The number of carbonyl (C=O) groups is 1. The second-order valence-electron chi connectivity index (χ2n) is 5.88. The monoisotopic (exact) mass is 453 g/mol. The van der Waals surface area contributed by atoms with Gasteiger partial charge in [-0.15, -0.1) is 0 Å². The van der Waals surface area contributed by atoms with Gasteiger partial charge < -0.3 is 14.2 Å². The van der Waals surface area contributed by atoms with Crippen LogP contribution in [0.4, 0.5) is 10.5 Å². The standard InChI is InChI=1S/C18H19N3O9S/c1-28-15-8-13(14(21(23)24)9-16(15)29-2)11-30-18(22)20-17(31(25,26)27)19-10-12-6-4-3-5-7-12/h3-9H,10-11H2,1-2H3,(H,19,20,22)(H,25,26,27). The predicted molar refractivity (Wildman–Crippen MR) is 109 cm³/mol. The van der Waals surface area contributed by atoms with E-state index in [2.05, 4.69) is 4.99 Å². The first-order valence-electron chi connectivity index (χ1n) is 8.54. The molecule has 0 aliphatic heterocycles. The lowest BCUT2D eigenvalue weighted by atomic mass is 10.1. The van der Waals surface area contributed by atoms with E-state index in [1.165, 1.54) is 20.3 Å². The van der Waals surface area contributed by atoms with Gasteiger partial charge in [-0.25, -0.2) is 4.79 Å². The number of rotatable bonds is 7. The lowest BCUT2D eigenvalue weighted by Gasteiger charge is -2.11. The van der Waals surface area contributed by atoms with Crippen LogP contribution in [0.1, 0.15) is 11.1 Å². The van der Waals surface area contributed by atoms with Gasteiger partial charge >= 0.3 is 16.2 Å². The molecule has 0 aliphatic carbocycles.